The molecule has 0 amide bonds. The van der Waals surface area contributed by atoms with Crippen molar-refractivity contribution in [3.8, 4) is 34.6 Å². The van der Waals surface area contributed by atoms with Crippen molar-refractivity contribution in [2.45, 2.75) is 0 Å². The van der Waals surface area contributed by atoms with Gasteiger partial charge in [0.1, 0.15) is 11.5 Å². The predicted molar refractivity (Wildman–Crippen MR) is 193 cm³/mol. The van der Waals surface area contributed by atoms with Crippen LogP contribution in [0.2, 0.25) is 0 Å². The number of aromatic nitrogens is 4. The van der Waals surface area contributed by atoms with Gasteiger partial charge in [-0.3, -0.25) is 4.98 Å². The van der Waals surface area contributed by atoms with Crippen molar-refractivity contribution >= 4 is 90.1 Å². The zero-order valence-electron chi connectivity index (χ0n) is 25.3. The zero-order chi connectivity index (χ0) is 30.8. The van der Waals surface area contributed by atoms with Gasteiger partial charge in [-0.2, -0.15) is 4.98 Å². The molecular formula is C40H20B2N4O2. The number of hydrogen-bond donors (Lipinski definition) is 0. The van der Waals surface area contributed by atoms with Gasteiger partial charge in [0.2, 0.25) is 11.8 Å². The molecule has 6 aromatic carbocycles. The van der Waals surface area contributed by atoms with Crippen molar-refractivity contribution in [3.63, 3.8) is 0 Å². The van der Waals surface area contributed by atoms with Crippen LogP contribution in [0.25, 0.3) is 55.0 Å². The van der Waals surface area contributed by atoms with Gasteiger partial charge >= 0.3 is 0 Å². The summed E-state index contributed by atoms with van der Waals surface area (Å²) in [5.74, 6) is 2.63. The molecule has 0 radical (unpaired) electrons. The summed E-state index contributed by atoms with van der Waals surface area (Å²) in [7, 11) is 0. The summed E-state index contributed by atoms with van der Waals surface area (Å²) < 4.78 is 18.1. The van der Waals surface area contributed by atoms with Crippen molar-refractivity contribution < 1.29 is 9.47 Å². The van der Waals surface area contributed by atoms with Crippen LogP contribution in [-0.4, -0.2) is 32.5 Å². The van der Waals surface area contributed by atoms with Gasteiger partial charge in [-0.1, -0.05) is 84.9 Å². The maximum absolute atomic E-state index is 6.67. The predicted octanol–water partition coefficient (Wildman–Crippen LogP) is 4.54. The second kappa shape index (κ2) is 7.98. The molecule has 9 aromatic rings. The Kier molecular flexibility index (Phi) is 3.99. The van der Waals surface area contributed by atoms with E-state index in [4.69, 9.17) is 19.4 Å². The fourth-order valence-corrected chi connectivity index (χ4v) is 9.32. The van der Waals surface area contributed by atoms with Crippen LogP contribution in [0.1, 0.15) is 0 Å². The molecule has 4 aliphatic rings. The van der Waals surface area contributed by atoms with E-state index in [0.29, 0.717) is 11.8 Å². The van der Waals surface area contributed by atoms with Crippen LogP contribution >= 0.6 is 0 Å². The van der Waals surface area contributed by atoms with E-state index in [1.165, 1.54) is 54.5 Å². The van der Waals surface area contributed by atoms with Gasteiger partial charge in [0, 0.05) is 44.0 Å². The monoisotopic (exact) mass is 610 g/mol. The van der Waals surface area contributed by atoms with Crippen LogP contribution in [-0.2, 0) is 0 Å². The molecule has 7 heterocycles. The van der Waals surface area contributed by atoms with Gasteiger partial charge in [-0.25, -0.2) is 0 Å². The highest BCUT2D eigenvalue weighted by Crippen LogP contribution is 2.39. The molecule has 48 heavy (non-hydrogen) atoms. The van der Waals surface area contributed by atoms with E-state index in [-0.39, 0.29) is 13.4 Å². The summed E-state index contributed by atoms with van der Waals surface area (Å²) in [4.78, 5) is 10.8. The Bertz CT molecular complexity index is 2800. The first-order chi connectivity index (χ1) is 23.8. The first kappa shape index (κ1) is 24.0. The number of rotatable bonds is 0. The van der Waals surface area contributed by atoms with Crippen molar-refractivity contribution in [2.24, 2.45) is 0 Å². The Morgan fingerprint density at radius 3 is 1.42 bits per heavy atom. The minimum Gasteiger partial charge on any atom is -0.438 e. The first-order valence-corrected chi connectivity index (χ1v) is 16.4. The van der Waals surface area contributed by atoms with Crippen LogP contribution < -0.4 is 42.5 Å². The summed E-state index contributed by atoms with van der Waals surface area (Å²) in [5.41, 5.74) is 13.4. The fraction of sp³-hybridized carbons (Fsp3) is 0. The smallest absolute Gasteiger partial charge is 0.281 e. The maximum atomic E-state index is 6.67. The summed E-state index contributed by atoms with van der Waals surface area (Å²) >= 11 is 0. The maximum Gasteiger partial charge on any atom is 0.281 e. The quantitative estimate of drug-likeness (QED) is 0.237. The second-order valence-corrected chi connectivity index (χ2v) is 13.2. The van der Waals surface area contributed by atoms with Crippen molar-refractivity contribution in [3.05, 3.63) is 121 Å². The minimum atomic E-state index is -0.138. The van der Waals surface area contributed by atoms with Crippen molar-refractivity contribution in [1.29, 1.82) is 0 Å². The third-order valence-electron chi connectivity index (χ3n) is 11.1. The van der Waals surface area contributed by atoms with Gasteiger partial charge < -0.3 is 18.6 Å². The normalized spacial score (nSPS) is 14.1. The highest BCUT2D eigenvalue weighted by atomic mass is 16.5. The molecule has 3 aromatic heterocycles. The number of nitrogens with zero attached hydrogens (tertiary/aromatic N) is 4. The van der Waals surface area contributed by atoms with E-state index in [2.05, 4.69) is 130 Å². The Labute approximate surface area is 274 Å². The molecule has 13 rings (SSSR count). The molecular weight excluding hydrogens is 590 g/mol. The largest absolute Gasteiger partial charge is 0.438 e. The van der Waals surface area contributed by atoms with Crippen LogP contribution in [0.5, 0.6) is 23.3 Å². The van der Waals surface area contributed by atoms with E-state index < -0.39 is 0 Å². The van der Waals surface area contributed by atoms with E-state index in [1.54, 1.807) is 0 Å². The molecule has 0 aliphatic carbocycles. The number of fused-ring (bicyclic) bond motifs is 14. The molecule has 6 nitrogen and oxygen atoms in total. The molecule has 4 aliphatic heterocycles. The average molecular weight is 610 g/mol. The molecule has 8 heteroatoms. The molecule has 0 fully saturated rings. The van der Waals surface area contributed by atoms with Gasteiger partial charge in [-0.05, 0) is 58.2 Å². The van der Waals surface area contributed by atoms with Gasteiger partial charge in [0.25, 0.3) is 13.4 Å². The topological polar surface area (TPSA) is 54.1 Å². The zero-order valence-corrected chi connectivity index (χ0v) is 25.3. The first-order valence-electron chi connectivity index (χ1n) is 16.4. The highest BCUT2D eigenvalue weighted by molar-refractivity contribution is 7.01. The average Bonchev–Trinajstić information content (AvgIpc) is 3.66. The lowest BCUT2D eigenvalue weighted by atomic mass is 9.34. The molecule has 0 unspecified atom stereocenters. The highest BCUT2D eigenvalue weighted by Gasteiger charge is 2.47. The lowest BCUT2D eigenvalue weighted by Crippen LogP contribution is -2.64. The molecule has 0 N–H and O–H groups in total. The number of para-hydroxylation sites is 4. The molecule has 218 valence electrons. The van der Waals surface area contributed by atoms with E-state index in [0.717, 1.165) is 45.0 Å². The third kappa shape index (κ3) is 2.59. The standard InChI is InChI=1S/C40H20B2N4O2/c1-3-15-27-21(9-1)23-11-5-13-25-35(23)45(27)29-17-7-19-31-33(29)41(25)37-39(47-31)44-40-38(43-37)42-26-14-6-12-24-22-10-2-4-16-28(22)46(36(24)26)30-18-8-20-32(48-40)34(30)42/h1-20H. The van der Waals surface area contributed by atoms with Gasteiger partial charge in [-0.15, -0.1) is 0 Å². The molecule has 0 bridgehead atoms. The Balaban J connectivity index is 1.13. The number of benzene rings is 6. The molecule has 0 atom stereocenters. The van der Waals surface area contributed by atoms with Gasteiger partial charge in [0.15, 0.2) is 0 Å². The number of ether oxygens (including phenoxy) is 2. The third-order valence-corrected chi connectivity index (χ3v) is 11.1. The SMILES string of the molecule is c1cc2c3c(c1)-n1c4ccccc4c4cccc(c41)B3c1nc3c(nc1O2)Oc1cccc2c1B3c1cccc3c4ccccc4n-2c13. The minimum absolute atomic E-state index is 0.138. The lowest BCUT2D eigenvalue weighted by molar-refractivity contribution is 0.428. The Morgan fingerprint density at radius 1 is 0.438 bits per heavy atom. The summed E-state index contributed by atoms with van der Waals surface area (Å²) in [6.07, 6.45) is 0. The Hall–Kier alpha value is -6.27. The van der Waals surface area contributed by atoms with E-state index in [9.17, 15) is 0 Å². The van der Waals surface area contributed by atoms with Crippen LogP contribution in [0.3, 0.4) is 0 Å². The molecule has 0 saturated carbocycles. The van der Waals surface area contributed by atoms with E-state index in [1.807, 2.05) is 0 Å². The fourth-order valence-electron chi connectivity index (χ4n) is 9.32. The summed E-state index contributed by atoms with van der Waals surface area (Å²) in [6.45, 7) is -0.276. The van der Waals surface area contributed by atoms with Crippen LogP contribution in [0.15, 0.2) is 121 Å². The van der Waals surface area contributed by atoms with E-state index >= 15 is 0 Å². The van der Waals surface area contributed by atoms with Crippen LogP contribution in [0, 0.1) is 0 Å². The summed E-state index contributed by atoms with van der Waals surface area (Å²) in [6, 6.07) is 43.3. The molecule has 0 spiro atoms. The van der Waals surface area contributed by atoms with Crippen molar-refractivity contribution in [2.75, 3.05) is 0 Å². The molecule has 0 saturated heterocycles. The van der Waals surface area contributed by atoms with Crippen molar-refractivity contribution in [1.82, 2.24) is 19.1 Å². The number of hydrogen-bond acceptors (Lipinski definition) is 4. The van der Waals surface area contributed by atoms with Gasteiger partial charge in [0.05, 0.1) is 22.2 Å². The Morgan fingerprint density at radius 2 is 0.896 bits per heavy atom. The second-order valence-electron chi connectivity index (χ2n) is 13.2. The summed E-state index contributed by atoms with van der Waals surface area (Å²) in [5, 5.41) is 4.97. The lowest BCUT2D eigenvalue weighted by Gasteiger charge is -2.35. The van der Waals surface area contributed by atoms with Crippen LogP contribution in [0.4, 0.5) is 0 Å².